The molecule has 30 heavy (non-hydrogen) atoms. The Bertz CT molecular complexity index is 946. The fourth-order valence-electron chi connectivity index (χ4n) is 3.22. The first kappa shape index (κ1) is 22.4. The first-order valence-electron chi connectivity index (χ1n) is 10.1. The van der Waals surface area contributed by atoms with Crippen LogP contribution in [0.25, 0.3) is 0 Å². The second kappa shape index (κ2) is 10.6. The lowest BCUT2D eigenvalue weighted by Gasteiger charge is -2.28. The maximum atomic E-state index is 12.9. The van der Waals surface area contributed by atoms with Gasteiger partial charge in [-0.15, -0.1) is 0 Å². The van der Waals surface area contributed by atoms with E-state index in [-0.39, 0.29) is 24.8 Å². The lowest BCUT2D eigenvalue weighted by atomic mass is 10.0. The van der Waals surface area contributed by atoms with Crippen LogP contribution in [0.5, 0.6) is 0 Å². The number of carbonyl (C=O) groups is 2. The van der Waals surface area contributed by atoms with Crippen molar-refractivity contribution in [2.75, 3.05) is 18.8 Å². The number of aliphatic imine (C=N–C) groups is 1. The monoisotopic (exact) mass is 443 g/mol. The van der Waals surface area contributed by atoms with Gasteiger partial charge >= 0.3 is 0 Å². The smallest absolute Gasteiger partial charge is 0.252 e. The van der Waals surface area contributed by atoms with Gasteiger partial charge < -0.3 is 5.32 Å². The Hall–Kier alpha value is -2.31. The van der Waals surface area contributed by atoms with E-state index in [4.69, 9.17) is 16.6 Å². The Morgan fingerprint density at radius 2 is 1.90 bits per heavy atom. The Labute approximate surface area is 186 Å². The molecule has 1 heterocycles. The van der Waals surface area contributed by atoms with Crippen LogP contribution in [0.4, 0.5) is 5.69 Å². The first-order valence-corrected chi connectivity index (χ1v) is 11.5. The van der Waals surface area contributed by atoms with E-state index in [1.165, 1.54) is 0 Å². The largest absolute Gasteiger partial charge is 0.351 e. The number of hydrogen-bond acceptors (Lipinski definition) is 4. The molecule has 2 aromatic rings. The van der Waals surface area contributed by atoms with Gasteiger partial charge in [-0.1, -0.05) is 67.5 Å². The molecule has 1 N–H and O–H groups in total. The van der Waals surface area contributed by atoms with Gasteiger partial charge in [0.15, 0.2) is 5.17 Å². The van der Waals surface area contributed by atoms with Crippen molar-refractivity contribution in [3.05, 3.63) is 64.7 Å². The van der Waals surface area contributed by atoms with Gasteiger partial charge in [0.2, 0.25) is 5.91 Å². The number of amides is 2. The van der Waals surface area contributed by atoms with E-state index in [0.717, 1.165) is 28.6 Å². The summed E-state index contributed by atoms with van der Waals surface area (Å²) in [5.41, 5.74) is 2.48. The van der Waals surface area contributed by atoms with Crippen LogP contribution < -0.4 is 5.32 Å². The third kappa shape index (κ3) is 5.64. The van der Waals surface area contributed by atoms with Gasteiger partial charge in [-0.3, -0.25) is 14.5 Å². The minimum Gasteiger partial charge on any atom is -0.351 e. The van der Waals surface area contributed by atoms with Crippen molar-refractivity contribution in [2.45, 2.75) is 32.6 Å². The SMILES string of the molecule is CC(C)c1ccccc1N=C1SCCCN1C(=O)CCNC(=O)c1ccccc1Cl. The summed E-state index contributed by atoms with van der Waals surface area (Å²) in [5.74, 6) is 0.974. The number of nitrogens with zero attached hydrogens (tertiary/aromatic N) is 2. The molecular weight excluding hydrogens is 418 g/mol. The number of para-hydroxylation sites is 1. The molecule has 2 amide bonds. The number of thioether (sulfide) groups is 1. The van der Waals surface area contributed by atoms with Crippen LogP contribution in [-0.2, 0) is 4.79 Å². The standard InChI is InChI=1S/C23H26ClN3O2S/c1-16(2)17-8-4-6-11-20(17)26-23-27(14-7-15-30-23)21(28)12-13-25-22(29)18-9-3-5-10-19(18)24/h3-6,8-11,16H,7,12-15H2,1-2H3,(H,25,29). The summed E-state index contributed by atoms with van der Waals surface area (Å²) < 4.78 is 0. The summed E-state index contributed by atoms with van der Waals surface area (Å²) in [4.78, 5) is 31.7. The average molecular weight is 444 g/mol. The van der Waals surface area contributed by atoms with Crippen LogP contribution >= 0.6 is 23.4 Å². The molecule has 0 radical (unpaired) electrons. The number of halogens is 1. The lowest BCUT2D eigenvalue weighted by Crippen LogP contribution is -2.40. The van der Waals surface area contributed by atoms with Crippen molar-refractivity contribution in [3.8, 4) is 0 Å². The zero-order valence-corrected chi connectivity index (χ0v) is 18.8. The van der Waals surface area contributed by atoms with E-state index in [1.54, 1.807) is 40.9 Å². The van der Waals surface area contributed by atoms with Crippen LogP contribution in [-0.4, -0.2) is 40.7 Å². The Kier molecular flexibility index (Phi) is 7.94. The fourth-order valence-corrected chi connectivity index (χ4v) is 4.41. The van der Waals surface area contributed by atoms with Crippen LogP contribution in [0.2, 0.25) is 5.02 Å². The van der Waals surface area contributed by atoms with Gasteiger partial charge in [0.05, 0.1) is 16.3 Å². The number of amidine groups is 1. The van der Waals surface area contributed by atoms with Gasteiger partial charge in [-0.25, -0.2) is 4.99 Å². The molecule has 3 rings (SSSR count). The summed E-state index contributed by atoms with van der Waals surface area (Å²) in [7, 11) is 0. The quantitative estimate of drug-likeness (QED) is 0.664. The summed E-state index contributed by atoms with van der Waals surface area (Å²) in [6.07, 6.45) is 1.13. The number of nitrogens with one attached hydrogen (secondary N) is 1. The predicted molar refractivity (Wildman–Crippen MR) is 125 cm³/mol. The highest BCUT2D eigenvalue weighted by molar-refractivity contribution is 8.13. The third-order valence-corrected chi connectivity index (χ3v) is 6.20. The van der Waals surface area contributed by atoms with E-state index < -0.39 is 0 Å². The Morgan fingerprint density at radius 1 is 1.17 bits per heavy atom. The second-order valence-corrected chi connectivity index (χ2v) is 8.81. The van der Waals surface area contributed by atoms with Gasteiger partial charge in [-0.05, 0) is 36.1 Å². The van der Waals surface area contributed by atoms with E-state index in [0.29, 0.717) is 23.0 Å². The molecule has 0 bridgehead atoms. The molecule has 1 fully saturated rings. The first-order chi connectivity index (χ1) is 14.5. The molecule has 158 valence electrons. The number of carbonyl (C=O) groups excluding carboxylic acids is 2. The van der Waals surface area contributed by atoms with Crippen molar-refractivity contribution in [1.82, 2.24) is 10.2 Å². The maximum absolute atomic E-state index is 12.9. The van der Waals surface area contributed by atoms with E-state index in [9.17, 15) is 9.59 Å². The minimum absolute atomic E-state index is 0.0394. The molecule has 7 heteroatoms. The molecule has 2 aromatic carbocycles. The summed E-state index contributed by atoms with van der Waals surface area (Å²) in [6, 6.07) is 14.9. The van der Waals surface area contributed by atoms with Gasteiger partial charge in [0.25, 0.3) is 5.91 Å². The molecule has 1 aliphatic heterocycles. The van der Waals surface area contributed by atoms with Crippen molar-refractivity contribution in [1.29, 1.82) is 0 Å². The van der Waals surface area contributed by atoms with Gasteiger partial charge in [-0.2, -0.15) is 0 Å². The number of benzene rings is 2. The Morgan fingerprint density at radius 3 is 2.67 bits per heavy atom. The number of rotatable bonds is 6. The second-order valence-electron chi connectivity index (χ2n) is 7.34. The van der Waals surface area contributed by atoms with Crippen LogP contribution in [0.3, 0.4) is 0 Å². The van der Waals surface area contributed by atoms with Crippen molar-refractivity contribution < 1.29 is 9.59 Å². The minimum atomic E-state index is -0.277. The molecule has 1 saturated heterocycles. The van der Waals surface area contributed by atoms with Crippen LogP contribution in [0.15, 0.2) is 53.5 Å². The molecular formula is C23H26ClN3O2S. The van der Waals surface area contributed by atoms with E-state index in [1.807, 2.05) is 18.2 Å². The third-order valence-electron chi connectivity index (χ3n) is 4.81. The Balaban J connectivity index is 1.65. The molecule has 0 unspecified atom stereocenters. The molecule has 0 atom stereocenters. The number of hydrogen-bond donors (Lipinski definition) is 1. The predicted octanol–water partition coefficient (Wildman–Crippen LogP) is 5.24. The maximum Gasteiger partial charge on any atom is 0.252 e. The summed E-state index contributed by atoms with van der Waals surface area (Å²) in [5, 5.41) is 3.91. The topological polar surface area (TPSA) is 61.8 Å². The molecule has 0 aromatic heterocycles. The highest BCUT2D eigenvalue weighted by Crippen LogP contribution is 2.29. The molecule has 5 nitrogen and oxygen atoms in total. The van der Waals surface area contributed by atoms with E-state index in [2.05, 4.69) is 25.2 Å². The zero-order chi connectivity index (χ0) is 21.5. The van der Waals surface area contributed by atoms with Crippen LogP contribution in [0.1, 0.15) is 48.5 Å². The van der Waals surface area contributed by atoms with Crippen molar-refractivity contribution in [3.63, 3.8) is 0 Å². The van der Waals surface area contributed by atoms with Gasteiger partial charge in [0, 0.05) is 25.3 Å². The van der Waals surface area contributed by atoms with Crippen molar-refractivity contribution in [2.24, 2.45) is 4.99 Å². The van der Waals surface area contributed by atoms with Crippen LogP contribution in [0, 0.1) is 0 Å². The molecule has 0 saturated carbocycles. The fraction of sp³-hybridized carbons (Fsp3) is 0.348. The average Bonchev–Trinajstić information content (AvgIpc) is 2.74. The zero-order valence-electron chi connectivity index (χ0n) is 17.2. The summed E-state index contributed by atoms with van der Waals surface area (Å²) >= 11 is 7.66. The molecule has 1 aliphatic rings. The lowest BCUT2D eigenvalue weighted by molar-refractivity contribution is -0.127. The molecule has 0 spiro atoms. The molecule has 0 aliphatic carbocycles. The van der Waals surface area contributed by atoms with E-state index >= 15 is 0 Å². The van der Waals surface area contributed by atoms with Gasteiger partial charge in [0.1, 0.15) is 0 Å². The highest BCUT2D eigenvalue weighted by Gasteiger charge is 2.24. The summed E-state index contributed by atoms with van der Waals surface area (Å²) in [6.45, 7) is 5.17. The normalized spacial score (nSPS) is 15.5. The van der Waals surface area contributed by atoms with Crippen molar-refractivity contribution >= 4 is 46.0 Å². The highest BCUT2D eigenvalue weighted by atomic mass is 35.5.